The summed E-state index contributed by atoms with van der Waals surface area (Å²) in [6, 6.07) is 1.67. The molecule has 0 fully saturated rings. The van der Waals surface area contributed by atoms with E-state index in [1.165, 1.54) is 0 Å². The number of nitriles is 1. The van der Waals surface area contributed by atoms with E-state index in [4.69, 9.17) is 17.5 Å². The average Bonchev–Trinajstić information content (AvgIpc) is 2.15. The molecule has 0 aromatic rings. The van der Waals surface area contributed by atoms with E-state index in [1.807, 2.05) is 6.92 Å². The Morgan fingerprint density at radius 3 is 2.53 bits per heavy atom. The van der Waals surface area contributed by atoms with Crippen molar-refractivity contribution in [2.45, 2.75) is 26.2 Å². The summed E-state index contributed by atoms with van der Waals surface area (Å²) in [6.45, 7) is 1.87. The summed E-state index contributed by atoms with van der Waals surface area (Å²) in [5, 5.41) is 10.6. The second-order valence-electron chi connectivity index (χ2n) is 2.64. The van der Waals surface area contributed by atoms with Gasteiger partial charge in [0.25, 0.3) is 5.91 Å². The van der Waals surface area contributed by atoms with Crippen LogP contribution in [0.25, 0.3) is 0 Å². The molecule has 0 bridgehead atoms. The second-order valence-corrected chi connectivity index (χ2v) is 3.04. The van der Waals surface area contributed by atoms with Crippen LogP contribution in [0.1, 0.15) is 26.2 Å². The van der Waals surface area contributed by atoms with Crippen LogP contribution in [-0.4, -0.2) is 16.9 Å². The van der Waals surface area contributed by atoms with Gasteiger partial charge in [-0.15, -0.1) is 0 Å². The summed E-state index contributed by atoms with van der Waals surface area (Å²) in [6.07, 6.45) is 0.821. The first-order valence-electron chi connectivity index (χ1n) is 4.35. The van der Waals surface area contributed by atoms with Gasteiger partial charge in [0.1, 0.15) is 6.42 Å². The van der Waals surface area contributed by atoms with Crippen LogP contribution >= 0.6 is 12.2 Å². The maximum atomic E-state index is 11.0. The lowest BCUT2D eigenvalue weighted by atomic mass is 10.3. The molecule has 0 aliphatic carbocycles. The van der Waals surface area contributed by atoms with Crippen molar-refractivity contribution in [2.75, 3.05) is 0 Å². The van der Waals surface area contributed by atoms with Gasteiger partial charge in [-0.1, -0.05) is 6.92 Å². The van der Waals surface area contributed by atoms with Crippen LogP contribution in [0.3, 0.4) is 0 Å². The molecule has 0 spiro atoms. The van der Waals surface area contributed by atoms with Gasteiger partial charge in [0.05, 0.1) is 6.07 Å². The lowest BCUT2D eigenvalue weighted by molar-refractivity contribution is -0.121. The Morgan fingerprint density at radius 1 is 1.33 bits per heavy atom. The molecule has 7 heteroatoms. The summed E-state index contributed by atoms with van der Waals surface area (Å²) >= 11 is 4.71. The number of rotatable bonds is 3. The molecule has 0 saturated carbocycles. The van der Waals surface area contributed by atoms with E-state index in [0.717, 1.165) is 6.42 Å². The van der Waals surface area contributed by atoms with Crippen molar-refractivity contribution in [3.63, 3.8) is 0 Å². The number of nitrogens with one attached hydrogen (secondary N) is 3. The standard InChI is InChI=1S/C8H12N4O2S/c1-2-3-6(13)10-8(15)12-11-7(14)4-5-9/h2-4H2,1H3,(H,11,14)(H2,10,12,13,15). The van der Waals surface area contributed by atoms with Gasteiger partial charge < -0.3 is 5.32 Å². The van der Waals surface area contributed by atoms with Crippen LogP contribution in [0.5, 0.6) is 0 Å². The van der Waals surface area contributed by atoms with E-state index >= 15 is 0 Å². The molecule has 0 aromatic carbocycles. The first kappa shape index (κ1) is 13.3. The first-order valence-corrected chi connectivity index (χ1v) is 4.76. The van der Waals surface area contributed by atoms with Crippen molar-refractivity contribution in [1.82, 2.24) is 16.2 Å². The van der Waals surface area contributed by atoms with Gasteiger partial charge in [0, 0.05) is 6.42 Å². The minimum Gasteiger partial charge on any atom is -0.302 e. The first-order chi connectivity index (χ1) is 7.10. The smallest absolute Gasteiger partial charge is 0.252 e. The van der Waals surface area contributed by atoms with Crippen LogP contribution < -0.4 is 16.2 Å². The minimum atomic E-state index is -0.510. The summed E-state index contributed by atoms with van der Waals surface area (Å²) in [4.78, 5) is 21.8. The molecule has 0 unspecified atom stereocenters. The lowest BCUT2D eigenvalue weighted by Crippen LogP contribution is -2.48. The minimum absolute atomic E-state index is 0.0136. The topological polar surface area (TPSA) is 94.0 Å². The third kappa shape index (κ3) is 7.40. The Bertz CT molecular complexity index is 298. The molecular formula is C8H12N4O2S. The fraction of sp³-hybridized carbons (Fsp3) is 0.500. The summed E-state index contributed by atoms with van der Waals surface area (Å²) in [5.41, 5.74) is 4.47. The van der Waals surface area contributed by atoms with Crippen molar-refractivity contribution >= 4 is 29.1 Å². The zero-order chi connectivity index (χ0) is 11.7. The fourth-order valence-corrected chi connectivity index (χ4v) is 0.855. The highest BCUT2D eigenvalue weighted by atomic mass is 32.1. The number of amides is 2. The van der Waals surface area contributed by atoms with Gasteiger partial charge in [0.2, 0.25) is 5.91 Å². The average molecular weight is 228 g/mol. The molecule has 82 valence electrons. The Balaban J connectivity index is 3.71. The van der Waals surface area contributed by atoms with Crippen LogP contribution in [0.2, 0.25) is 0 Å². The molecule has 0 aromatic heterocycles. The second kappa shape index (κ2) is 7.70. The van der Waals surface area contributed by atoms with Gasteiger partial charge in [-0.2, -0.15) is 5.26 Å². The highest BCUT2D eigenvalue weighted by Crippen LogP contribution is 1.84. The number of nitrogens with zero attached hydrogens (tertiary/aromatic N) is 1. The number of hydrogen-bond acceptors (Lipinski definition) is 4. The molecule has 0 radical (unpaired) electrons. The van der Waals surface area contributed by atoms with Crippen molar-refractivity contribution in [1.29, 1.82) is 5.26 Å². The summed E-state index contributed by atoms with van der Waals surface area (Å²) < 4.78 is 0. The molecule has 0 saturated heterocycles. The quantitative estimate of drug-likeness (QED) is 0.456. The Labute approximate surface area is 93.0 Å². The van der Waals surface area contributed by atoms with E-state index in [9.17, 15) is 9.59 Å². The SMILES string of the molecule is CCCC(=O)NC(=S)NNC(=O)CC#N. The zero-order valence-electron chi connectivity index (χ0n) is 8.29. The molecule has 15 heavy (non-hydrogen) atoms. The Kier molecular flexibility index (Phi) is 6.84. The summed E-state index contributed by atoms with van der Waals surface area (Å²) in [5.74, 6) is -0.728. The molecule has 0 aliphatic rings. The largest absolute Gasteiger partial charge is 0.302 e. The fourth-order valence-electron chi connectivity index (χ4n) is 0.690. The van der Waals surface area contributed by atoms with Crippen LogP contribution in [0, 0.1) is 11.3 Å². The highest BCUT2D eigenvalue weighted by Gasteiger charge is 2.04. The van der Waals surface area contributed by atoms with Gasteiger partial charge in [-0.3, -0.25) is 20.4 Å². The molecule has 0 aliphatic heterocycles. The third-order valence-corrected chi connectivity index (χ3v) is 1.49. The molecule has 0 heterocycles. The monoisotopic (exact) mass is 228 g/mol. The van der Waals surface area contributed by atoms with Crippen LogP contribution in [-0.2, 0) is 9.59 Å². The summed E-state index contributed by atoms with van der Waals surface area (Å²) in [7, 11) is 0. The molecular weight excluding hydrogens is 216 g/mol. The maximum absolute atomic E-state index is 11.0. The molecule has 2 amide bonds. The van der Waals surface area contributed by atoms with Gasteiger partial charge in [-0.05, 0) is 18.6 Å². The van der Waals surface area contributed by atoms with Gasteiger partial charge in [-0.25, -0.2) is 0 Å². The highest BCUT2D eigenvalue weighted by molar-refractivity contribution is 7.80. The zero-order valence-corrected chi connectivity index (χ0v) is 9.11. The molecule has 6 nitrogen and oxygen atoms in total. The Hall–Kier alpha value is -1.68. The number of hydrogen-bond donors (Lipinski definition) is 3. The number of thiocarbonyl (C=S) groups is 1. The van der Waals surface area contributed by atoms with E-state index in [-0.39, 0.29) is 17.4 Å². The van der Waals surface area contributed by atoms with Crippen LogP contribution in [0.15, 0.2) is 0 Å². The van der Waals surface area contributed by atoms with E-state index in [0.29, 0.717) is 6.42 Å². The van der Waals surface area contributed by atoms with Crippen LogP contribution in [0.4, 0.5) is 0 Å². The van der Waals surface area contributed by atoms with Gasteiger partial charge in [0.15, 0.2) is 5.11 Å². The van der Waals surface area contributed by atoms with Crippen molar-refractivity contribution < 1.29 is 9.59 Å². The third-order valence-electron chi connectivity index (χ3n) is 1.29. The lowest BCUT2D eigenvalue weighted by Gasteiger charge is -2.08. The number of carbonyl (C=O) groups excluding carboxylic acids is 2. The predicted molar refractivity (Wildman–Crippen MR) is 57.2 cm³/mol. The van der Waals surface area contributed by atoms with Crippen molar-refractivity contribution in [3.8, 4) is 6.07 Å². The van der Waals surface area contributed by atoms with Gasteiger partial charge >= 0.3 is 0 Å². The number of hydrazine groups is 1. The molecule has 0 atom stereocenters. The van der Waals surface area contributed by atoms with E-state index < -0.39 is 5.91 Å². The normalized spacial score (nSPS) is 8.53. The predicted octanol–water partition coefficient (Wildman–Crippen LogP) is -0.278. The number of carbonyl (C=O) groups is 2. The van der Waals surface area contributed by atoms with Crippen molar-refractivity contribution in [2.24, 2.45) is 0 Å². The van der Waals surface area contributed by atoms with E-state index in [1.54, 1.807) is 6.07 Å². The molecule has 0 rings (SSSR count). The Morgan fingerprint density at radius 2 is 2.00 bits per heavy atom. The van der Waals surface area contributed by atoms with E-state index in [2.05, 4.69) is 16.2 Å². The molecule has 3 N–H and O–H groups in total. The maximum Gasteiger partial charge on any atom is 0.252 e. The van der Waals surface area contributed by atoms with Crippen molar-refractivity contribution in [3.05, 3.63) is 0 Å².